The Morgan fingerprint density at radius 3 is 3.07 bits per heavy atom. The molecule has 2 N–H and O–H groups in total. The highest BCUT2D eigenvalue weighted by molar-refractivity contribution is 6.01. The second kappa shape index (κ2) is 6.22. The molecule has 5 rings (SSSR count). The first-order valence-electron chi connectivity index (χ1n) is 9.17. The highest BCUT2D eigenvalue weighted by Crippen LogP contribution is 2.28. The third-order valence-electron chi connectivity index (χ3n) is 5.35. The number of fused-ring (bicyclic) bond motifs is 3. The van der Waals surface area contributed by atoms with Gasteiger partial charge >= 0.3 is 11.6 Å². The smallest absolute Gasteiger partial charge is 0.326 e. The molecule has 0 spiro atoms. The number of hydrogen-bond acceptors (Lipinski definition) is 4. The number of nitrogens with zero attached hydrogens (tertiary/aromatic N) is 4. The lowest BCUT2D eigenvalue weighted by Crippen LogP contribution is -2.46. The van der Waals surface area contributed by atoms with E-state index >= 15 is 0 Å². The van der Waals surface area contributed by atoms with Crippen LogP contribution < -0.4 is 10.4 Å². The first kappa shape index (κ1) is 16.5. The van der Waals surface area contributed by atoms with Gasteiger partial charge in [-0.25, -0.2) is 9.78 Å². The molecule has 1 saturated heterocycles. The van der Waals surface area contributed by atoms with Crippen LogP contribution in [0.4, 0.5) is 0 Å². The summed E-state index contributed by atoms with van der Waals surface area (Å²) in [6, 6.07) is 6.49. The summed E-state index contributed by atoms with van der Waals surface area (Å²) in [6.07, 6.45) is 6.27. The summed E-state index contributed by atoms with van der Waals surface area (Å²) in [5.74, 6) is -0.318. The molecule has 0 saturated carbocycles. The predicted octanol–water partition coefficient (Wildman–Crippen LogP) is 1.32. The average molecular weight is 378 g/mol. The number of nitrogens with one attached hydrogen (secondary N) is 2. The number of hydrogen-bond donors (Lipinski definition) is 2. The number of likely N-dealkylation sites (tertiary alicyclic amines) is 1. The predicted molar refractivity (Wildman–Crippen MR) is 102 cm³/mol. The van der Waals surface area contributed by atoms with E-state index in [4.69, 9.17) is 0 Å². The van der Waals surface area contributed by atoms with Crippen LogP contribution in [-0.2, 0) is 0 Å². The average Bonchev–Trinajstić information content (AvgIpc) is 3.31. The van der Waals surface area contributed by atoms with Gasteiger partial charge in [-0.05, 0) is 25.0 Å². The van der Waals surface area contributed by atoms with Crippen LogP contribution in [0.25, 0.3) is 22.1 Å². The summed E-state index contributed by atoms with van der Waals surface area (Å²) in [4.78, 5) is 37.5. The van der Waals surface area contributed by atoms with Gasteiger partial charge in [0.2, 0.25) is 0 Å². The Bertz CT molecular complexity index is 1250. The number of piperidine rings is 1. The number of carbonyl (C=O) groups is 1. The Kier molecular flexibility index (Phi) is 3.68. The Morgan fingerprint density at radius 2 is 2.21 bits per heavy atom. The molecule has 0 aliphatic carbocycles. The normalized spacial score (nSPS) is 17.4. The van der Waals surface area contributed by atoms with Crippen LogP contribution in [0.5, 0.6) is 0 Å². The zero-order valence-corrected chi connectivity index (χ0v) is 15.0. The van der Waals surface area contributed by atoms with Gasteiger partial charge in [0.15, 0.2) is 6.20 Å². The quantitative estimate of drug-likeness (QED) is 0.404. The summed E-state index contributed by atoms with van der Waals surface area (Å²) in [5.41, 5.74) is 2.03. The Hall–Kier alpha value is -3.62. The zero-order valence-electron chi connectivity index (χ0n) is 15.0. The maximum absolute atomic E-state index is 12.9. The Morgan fingerprint density at radius 1 is 1.32 bits per heavy atom. The molecule has 1 fully saturated rings. The van der Waals surface area contributed by atoms with E-state index in [1.54, 1.807) is 34.0 Å². The van der Waals surface area contributed by atoms with Gasteiger partial charge in [0, 0.05) is 36.8 Å². The molecule has 9 heteroatoms. The zero-order chi connectivity index (χ0) is 19.3. The minimum atomic E-state index is -0.318. The molecule has 1 aliphatic heterocycles. The summed E-state index contributed by atoms with van der Waals surface area (Å²) in [6.45, 7) is 0.928. The van der Waals surface area contributed by atoms with Crippen LogP contribution >= 0.6 is 0 Å². The van der Waals surface area contributed by atoms with Crippen LogP contribution in [0, 0.1) is 5.21 Å². The molecule has 1 amide bonds. The number of carbonyl (C=O) groups excluding carboxylic acids is 1. The van der Waals surface area contributed by atoms with Crippen molar-refractivity contribution in [3.05, 3.63) is 64.2 Å². The van der Waals surface area contributed by atoms with Crippen molar-refractivity contribution in [3.8, 4) is 0 Å². The maximum atomic E-state index is 12.9. The van der Waals surface area contributed by atoms with E-state index in [-0.39, 0.29) is 23.3 Å². The van der Waals surface area contributed by atoms with Crippen LogP contribution in [0.15, 0.2) is 47.7 Å². The molecule has 1 atom stereocenters. The van der Waals surface area contributed by atoms with Crippen molar-refractivity contribution in [2.75, 3.05) is 13.1 Å². The second-order valence-electron chi connectivity index (χ2n) is 7.02. The molecule has 142 valence electrons. The van der Waals surface area contributed by atoms with Gasteiger partial charge < -0.3 is 20.1 Å². The first-order valence-corrected chi connectivity index (χ1v) is 9.17. The number of imidazole rings is 1. The van der Waals surface area contributed by atoms with Gasteiger partial charge in [-0.3, -0.25) is 9.36 Å². The molecule has 0 aromatic carbocycles. The molecular formula is C19H18N6O3. The fourth-order valence-electron chi connectivity index (χ4n) is 4.08. The first-order chi connectivity index (χ1) is 13.6. The molecule has 0 bridgehead atoms. The van der Waals surface area contributed by atoms with E-state index in [1.165, 1.54) is 12.3 Å². The van der Waals surface area contributed by atoms with E-state index in [1.807, 2.05) is 6.07 Å². The molecule has 4 aromatic rings. The topological polar surface area (TPSA) is 114 Å². The van der Waals surface area contributed by atoms with Crippen molar-refractivity contribution >= 4 is 28.0 Å². The van der Waals surface area contributed by atoms with Gasteiger partial charge in [0.25, 0.3) is 5.69 Å². The molecule has 4 aromatic heterocycles. The third kappa shape index (κ3) is 2.47. The lowest BCUT2D eigenvalue weighted by molar-refractivity contribution is -0.608. The van der Waals surface area contributed by atoms with Gasteiger partial charge in [-0.2, -0.15) is 4.73 Å². The van der Waals surface area contributed by atoms with Crippen molar-refractivity contribution in [1.29, 1.82) is 0 Å². The summed E-state index contributed by atoms with van der Waals surface area (Å²) < 4.78 is 2.31. The lowest BCUT2D eigenvalue weighted by atomic mass is 10.0. The molecule has 0 radical (unpaired) electrons. The largest absolute Gasteiger partial charge is 0.618 e. The number of H-pyrrole nitrogens is 2. The standard InChI is InChI=1S/C19H18N6O3/c26-18(15-5-1-2-9-24(15)28)23-8-3-4-12(11-23)25-16-13-6-7-20-17(13)21-10-14(16)22-19(25)27/h1-2,5-7,9-10,12H,3-4,8,11H2,(H,20,21)(H,22,27)/t12-/m1/s1. The molecule has 0 unspecified atom stereocenters. The molecular weight excluding hydrogens is 360 g/mol. The maximum Gasteiger partial charge on any atom is 0.326 e. The third-order valence-corrected chi connectivity index (χ3v) is 5.35. The Labute approximate surface area is 158 Å². The number of amides is 1. The number of aromatic nitrogens is 5. The summed E-state index contributed by atoms with van der Waals surface area (Å²) >= 11 is 0. The summed E-state index contributed by atoms with van der Waals surface area (Å²) in [5, 5.41) is 12.8. The lowest BCUT2D eigenvalue weighted by Gasteiger charge is -2.32. The molecule has 28 heavy (non-hydrogen) atoms. The van der Waals surface area contributed by atoms with E-state index < -0.39 is 0 Å². The summed E-state index contributed by atoms with van der Waals surface area (Å²) in [7, 11) is 0. The van der Waals surface area contributed by atoms with Gasteiger partial charge in [0.05, 0.1) is 23.3 Å². The van der Waals surface area contributed by atoms with E-state index in [2.05, 4.69) is 15.0 Å². The van der Waals surface area contributed by atoms with Crippen molar-refractivity contribution in [3.63, 3.8) is 0 Å². The van der Waals surface area contributed by atoms with Crippen LogP contribution in [-0.4, -0.2) is 43.4 Å². The van der Waals surface area contributed by atoms with E-state index in [9.17, 15) is 14.8 Å². The minimum Gasteiger partial charge on any atom is -0.618 e. The fourth-order valence-corrected chi connectivity index (χ4v) is 4.08. The fraction of sp³-hybridized carbons (Fsp3) is 0.263. The van der Waals surface area contributed by atoms with E-state index in [0.717, 1.165) is 23.7 Å². The van der Waals surface area contributed by atoms with Crippen molar-refractivity contribution in [1.82, 2.24) is 24.4 Å². The molecule has 5 heterocycles. The van der Waals surface area contributed by atoms with Gasteiger partial charge in [-0.1, -0.05) is 0 Å². The van der Waals surface area contributed by atoms with Crippen LogP contribution in [0.2, 0.25) is 0 Å². The van der Waals surface area contributed by atoms with Crippen molar-refractivity contribution < 1.29 is 9.52 Å². The van der Waals surface area contributed by atoms with Crippen molar-refractivity contribution in [2.45, 2.75) is 18.9 Å². The Balaban J connectivity index is 1.55. The van der Waals surface area contributed by atoms with Gasteiger partial charge in [0.1, 0.15) is 5.65 Å². The number of rotatable bonds is 2. The van der Waals surface area contributed by atoms with Crippen molar-refractivity contribution in [2.24, 2.45) is 0 Å². The van der Waals surface area contributed by atoms with Crippen LogP contribution in [0.3, 0.4) is 0 Å². The minimum absolute atomic E-state index is 0.0895. The number of pyridine rings is 2. The SMILES string of the molecule is O=C(c1cccc[n+]1[O-])N1CCC[C@@H](n2c(=O)[nH]c3cnc4[nH]ccc4c32)C1. The highest BCUT2D eigenvalue weighted by Gasteiger charge is 2.31. The van der Waals surface area contributed by atoms with E-state index in [0.29, 0.717) is 29.0 Å². The monoisotopic (exact) mass is 378 g/mol. The second-order valence-corrected chi connectivity index (χ2v) is 7.02. The highest BCUT2D eigenvalue weighted by atomic mass is 16.5. The number of aromatic amines is 2. The van der Waals surface area contributed by atoms with Crippen LogP contribution in [0.1, 0.15) is 29.4 Å². The molecule has 1 aliphatic rings. The molecule has 9 nitrogen and oxygen atoms in total. The van der Waals surface area contributed by atoms with Gasteiger partial charge in [-0.15, -0.1) is 0 Å².